The molecule has 3 atom stereocenters. The van der Waals surface area contributed by atoms with Crippen LogP contribution in [-0.2, 0) is 14.3 Å². The first kappa shape index (κ1) is 58.0. The predicted molar refractivity (Wildman–Crippen MR) is 264 cm³/mol. The lowest BCUT2D eigenvalue weighted by molar-refractivity contribution is -0.151. The second kappa shape index (κ2) is 48.1. The number of aliphatic hydroxyl groups is 2. The number of carbonyl (C=O) groups is 2. The number of carbonyl (C=O) groups excluding carboxylic acids is 2. The summed E-state index contributed by atoms with van der Waals surface area (Å²) in [5, 5.41) is 23.7. The molecule has 0 heterocycles. The van der Waals surface area contributed by atoms with Crippen molar-refractivity contribution in [3.8, 4) is 0 Å². The Kier molecular flexibility index (Phi) is 45.7. The second-order valence-electron chi connectivity index (χ2n) is 17.0. The van der Waals surface area contributed by atoms with E-state index in [1.165, 1.54) is 103 Å². The Balaban J connectivity index is 4.70. The molecule has 0 aromatic carbocycles. The van der Waals surface area contributed by atoms with Gasteiger partial charge in [-0.1, -0.05) is 228 Å². The molecule has 3 unspecified atom stereocenters. The maximum absolute atomic E-state index is 13.2. The van der Waals surface area contributed by atoms with Crippen LogP contribution in [0.25, 0.3) is 0 Å². The molecule has 0 radical (unpaired) electrons. The number of aliphatic hydroxyl groups excluding tert-OH is 2. The predicted octanol–water partition coefficient (Wildman–Crippen LogP) is 15.2. The summed E-state index contributed by atoms with van der Waals surface area (Å²) in [5.41, 5.74) is 0. The normalized spacial score (nSPS) is 14.0. The van der Waals surface area contributed by atoms with E-state index in [2.05, 4.69) is 56.5 Å². The summed E-state index contributed by atoms with van der Waals surface area (Å²) in [7, 11) is 0. The highest BCUT2D eigenvalue weighted by Gasteiger charge is 2.24. The molecule has 61 heavy (non-hydrogen) atoms. The van der Waals surface area contributed by atoms with Crippen LogP contribution < -0.4 is 5.32 Å². The van der Waals surface area contributed by atoms with Crippen LogP contribution >= 0.6 is 0 Å². The zero-order valence-electron chi connectivity index (χ0n) is 39.8. The third kappa shape index (κ3) is 43.5. The van der Waals surface area contributed by atoms with Crippen molar-refractivity contribution >= 4 is 11.9 Å². The van der Waals surface area contributed by atoms with E-state index >= 15 is 0 Å². The molecule has 0 bridgehead atoms. The molecule has 1 amide bonds. The molecule has 0 rings (SSSR count). The van der Waals surface area contributed by atoms with Crippen LogP contribution in [-0.4, -0.2) is 46.9 Å². The molecule has 0 saturated heterocycles. The van der Waals surface area contributed by atoms with Gasteiger partial charge in [-0.15, -0.1) is 0 Å². The number of rotatable bonds is 44. The van der Waals surface area contributed by atoms with E-state index in [-0.39, 0.29) is 24.9 Å². The average Bonchev–Trinajstić information content (AvgIpc) is 3.25. The molecular formula is C55H95NO5. The van der Waals surface area contributed by atoms with Crippen molar-refractivity contribution in [1.82, 2.24) is 5.32 Å². The minimum atomic E-state index is -0.801. The lowest BCUT2D eigenvalue weighted by Gasteiger charge is -2.24. The Hall–Kier alpha value is -2.96. The molecule has 0 aliphatic carbocycles. The molecule has 0 aliphatic rings. The van der Waals surface area contributed by atoms with Crippen LogP contribution in [0.1, 0.15) is 226 Å². The second-order valence-corrected chi connectivity index (χ2v) is 17.0. The molecule has 0 aromatic heterocycles. The number of ether oxygens (including phenoxy) is 1. The summed E-state index contributed by atoms with van der Waals surface area (Å²) in [6, 6.07) is -0.717. The Morgan fingerprint density at radius 2 is 0.902 bits per heavy atom. The minimum Gasteiger partial charge on any atom is -0.462 e. The Bertz CT molecular complexity index is 1180. The van der Waals surface area contributed by atoms with Gasteiger partial charge in [0.2, 0.25) is 5.91 Å². The maximum atomic E-state index is 13.2. The van der Waals surface area contributed by atoms with Gasteiger partial charge in [0.25, 0.3) is 0 Å². The highest BCUT2D eigenvalue weighted by Crippen LogP contribution is 2.17. The molecule has 0 aliphatic heterocycles. The highest BCUT2D eigenvalue weighted by molar-refractivity contribution is 5.77. The first-order valence-electron chi connectivity index (χ1n) is 25.4. The van der Waals surface area contributed by atoms with E-state index in [1.54, 1.807) is 0 Å². The van der Waals surface area contributed by atoms with Crippen molar-refractivity contribution in [3.63, 3.8) is 0 Å². The van der Waals surface area contributed by atoms with Crippen molar-refractivity contribution in [2.45, 2.75) is 244 Å². The van der Waals surface area contributed by atoms with E-state index in [4.69, 9.17) is 4.74 Å². The Morgan fingerprint density at radius 3 is 1.41 bits per heavy atom. The fourth-order valence-electron chi connectivity index (χ4n) is 7.28. The van der Waals surface area contributed by atoms with E-state index in [9.17, 15) is 19.8 Å². The fraction of sp³-hybridized carbons (Fsp3) is 0.709. The first-order chi connectivity index (χ1) is 30.0. The van der Waals surface area contributed by atoms with Gasteiger partial charge in [-0.3, -0.25) is 9.59 Å². The van der Waals surface area contributed by atoms with Crippen LogP contribution in [0.5, 0.6) is 0 Å². The number of hydrogen-bond acceptors (Lipinski definition) is 5. The average molecular weight is 850 g/mol. The number of unbranched alkanes of at least 4 members (excludes halogenated alkanes) is 23. The third-order valence-corrected chi connectivity index (χ3v) is 11.1. The number of hydrogen-bond donors (Lipinski definition) is 3. The zero-order chi connectivity index (χ0) is 44.5. The fourth-order valence-corrected chi connectivity index (χ4v) is 7.28. The highest BCUT2D eigenvalue weighted by atomic mass is 16.5. The van der Waals surface area contributed by atoms with Gasteiger partial charge in [0, 0.05) is 6.42 Å². The number of esters is 1. The SMILES string of the molecule is CC\C=C/C=C/C=C/C=C\C=C\C=C\CCCCCC(=O)OC(CCCCCCC/C=C\CCCCCC)CC(=O)NC(CO)C(O)CCCCCCCCCCCCCC. The lowest BCUT2D eigenvalue weighted by Crippen LogP contribution is -2.46. The molecule has 0 fully saturated rings. The summed E-state index contributed by atoms with van der Waals surface area (Å²) < 4.78 is 5.91. The Morgan fingerprint density at radius 1 is 0.492 bits per heavy atom. The van der Waals surface area contributed by atoms with Crippen molar-refractivity contribution < 1.29 is 24.5 Å². The monoisotopic (exact) mass is 850 g/mol. The molecule has 0 spiro atoms. The standard InChI is InChI=1S/C55H95NO5/c1-4-7-10-13-16-19-22-25-26-27-28-30-33-36-39-42-45-48-55(60)61-51(46-43-40-37-34-31-29-23-20-17-14-11-8-5-2)49-54(59)56-52(50-57)53(58)47-44-41-38-35-32-24-21-18-15-12-9-6-3/h7,10,13,16,19-20,22-23,25-28,30,33,51-53,57-58H,4-6,8-9,11-12,14-15,17-18,21,24,29,31-32,34-50H2,1-3H3,(H,56,59)/b10-7-,16-13+,22-19+,23-20-,26-25-,28-27+,33-30+. The van der Waals surface area contributed by atoms with Gasteiger partial charge in [0.1, 0.15) is 6.10 Å². The Labute approximate surface area is 376 Å². The van der Waals surface area contributed by atoms with E-state index in [0.29, 0.717) is 19.3 Å². The third-order valence-electron chi connectivity index (χ3n) is 11.1. The number of allylic oxidation sites excluding steroid dienone is 14. The van der Waals surface area contributed by atoms with Crippen LogP contribution in [0.4, 0.5) is 0 Å². The van der Waals surface area contributed by atoms with Gasteiger partial charge in [0.05, 0.1) is 25.2 Å². The van der Waals surface area contributed by atoms with Crippen LogP contribution in [0.15, 0.2) is 85.1 Å². The first-order valence-corrected chi connectivity index (χ1v) is 25.4. The van der Waals surface area contributed by atoms with Gasteiger partial charge in [-0.2, -0.15) is 0 Å². The van der Waals surface area contributed by atoms with E-state index in [1.807, 2.05) is 54.7 Å². The zero-order valence-corrected chi connectivity index (χ0v) is 39.8. The van der Waals surface area contributed by atoms with Crippen molar-refractivity contribution in [1.29, 1.82) is 0 Å². The summed E-state index contributed by atoms with van der Waals surface area (Å²) in [4.78, 5) is 26.1. The van der Waals surface area contributed by atoms with Crippen molar-refractivity contribution in [3.05, 3.63) is 85.1 Å². The molecule has 6 heteroatoms. The van der Waals surface area contributed by atoms with E-state index < -0.39 is 18.2 Å². The van der Waals surface area contributed by atoms with Gasteiger partial charge < -0.3 is 20.3 Å². The van der Waals surface area contributed by atoms with Gasteiger partial charge in [0.15, 0.2) is 0 Å². The summed E-state index contributed by atoms with van der Waals surface area (Å²) in [6.45, 7) is 6.30. The van der Waals surface area contributed by atoms with Gasteiger partial charge in [-0.05, 0) is 70.6 Å². The summed E-state index contributed by atoms with van der Waals surface area (Å²) in [6.07, 6.45) is 62.0. The quantitative estimate of drug-likeness (QED) is 0.0246. The molecule has 6 nitrogen and oxygen atoms in total. The molecule has 0 aromatic rings. The van der Waals surface area contributed by atoms with Crippen molar-refractivity contribution in [2.75, 3.05) is 6.61 Å². The maximum Gasteiger partial charge on any atom is 0.306 e. The van der Waals surface area contributed by atoms with Crippen LogP contribution in [0.3, 0.4) is 0 Å². The molecule has 350 valence electrons. The number of amides is 1. The topological polar surface area (TPSA) is 95.9 Å². The van der Waals surface area contributed by atoms with Gasteiger partial charge >= 0.3 is 5.97 Å². The minimum absolute atomic E-state index is 0.0497. The van der Waals surface area contributed by atoms with Gasteiger partial charge in [-0.25, -0.2) is 0 Å². The lowest BCUT2D eigenvalue weighted by atomic mass is 10.0. The van der Waals surface area contributed by atoms with E-state index in [0.717, 1.165) is 77.0 Å². The molecular weight excluding hydrogens is 755 g/mol. The van der Waals surface area contributed by atoms with Crippen LogP contribution in [0.2, 0.25) is 0 Å². The smallest absolute Gasteiger partial charge is 0.306 e. The molecule has 0 saturated carbocycles. The summed E-state index contributed by atoms with van der Waals surface area (Å²) >= 11 is 0. The largest absolute Gasteiger partial charge is 0.462 e. The number of nitrogens with one attached hydrogen (secondary N) is 1. The van der Waals surface area contributed by atoms with Crippen LogP contribution in [0, 0.1) is 0 Å². The molecule has 3 N–H and O–H groups in total. The van der Waals surface area contributed by atoms with Crippen molar-refractivity contribution in [2.24, 2.45) is 0 Å². The summed E-state index contributed by atoms with van der Waals surface area (Å²) in [5.74, 6) is -0.537.